The summed E-state index contributed by atoms with van der Waals surface area (Å²) in [6.45, 7) is 3.87. The van der Waals surface area contributed by atoms with Crippen molar-refractivity contribution in [2.45, 2.75) is 32.9 Å². The Kier molecular flexibility index (Phi) is 9.81. The Labute approximate surface area is 140 Å². The Morgan fingerprint density at radius 1 is 1.12 bits per heavy atom. The third-order valence-electron chi connectivity index (χ3n) is 2.73. The number of rotatable bonds is 8. The first kappa shape index (κ1) is 21.4. The average molecular weight is 341 g/mol. The van der Waals surface area contributed by atoms with E-state index in [2.05, 4.69) is 5.32 Å². The van der Waals surface area contributed by atoms with E-state index >= 15 is 0 Å². The largest absolute Gasteiger partial charge is 0.481 e. The maximum Gasteiger partial charge on any atom is 0.408 e. The summed E-state index contributed by atoms with van der Waals surface area (Å²) in [7, 11) is 0. The minimum absolute atomic E-state index is 0. The number of carboxylic acid groups (broad SMARTS) is 1. The van der Waals surface area contributed by atoms with Gasteiger partial charge in [0.15, 0.2) is 0 Å². The van der Waals surface area contributed by atoms with E-state index in [9.17, 15) is 14.4 Å². The van der Waals surface area contributed by atoms with Gasteiger partial charge in [0.25, 0.3) is 0 Å². The summed E-state index contributed by atoms with van der Waals surface area (Å²) in [5.41, 5.74) is 0.778. The summed E-state index contributed by atoms with van der Waals surface area (Å²) in [4.78, 5) is 34.4. The Morgan fingerprint density at radius 3 is 2.29 bits per heavy atom. The molecule has 0 radical (unpaired) electrons. The molecule has 0 aliphatic heterocycles. The van der Waals surface area contributed by atoms with Crippen LogP contribution in [0.5, 0.6) is 0 Å². The van der Waals surface area contributed by atoms with E-state index in [-0.39, 0.29) is 24.6 Å². The smallest absolute Gasteiger partial charge is 0.408 e. The molecule has 0 fully saturated rings. The highest BCUT2D eigenvalue weighted by molar-refractivity contribution is 5.85. The van der Waals surface area contributed by atoms with Crippen LogP contribution >= 0.6 is 0 Å². The number of esters is 1. The monoisotopic (exact) mass is 341 g/mol. The van der Waals surface area contributed by atoms with Gasteiger partial charge in [0, 0.05) is 0 Å². The fourth-order valence-corrected chi connectivity index (χ4v) is 1.62. The molecule has 8 nitrogen and oxygen atoms in total. The van der Waals surface area contributed by atoms with Gasteiger partial charge in [-0.05, 0) is 11.5 Å². The molecular formula is C16H23NO7. The highest BCUT2D eigenvalue weighted by Crippen LogP contribution is 2.03. The highest BCUT2D eigenvalue weighted by atomic mass is 16.6. The Morgan fingerprint density at radius 2 is 1.75 bits per heavy atom. The van der Waals surface area contributed by atoms with E-state index < -0.39 is 30.5 Å². The Balaban J connectivity index is 0.00000529. The average Bonchev–Trinajstić information content (AvgIpc) is 2.50. The minimum Gasteiger partial charge on any atom is -0.481 e. The van der Waals surface area contributed by atoms with Crippen LogP contribution in [0.25, 0.3) is 0 Å². The number of ether oxygens (including phenoxy) is 2. The van der Waals surface area contributed by atoms with Gasteiger partial charge >= 0.3 is 18.0 Å². The summed E-state index contributed by atoms with van der Waals surface area (Å²) >= 11 is 0. The lowest BCUT2D eigenvalue weighted by molar-refractivity contribution is -0.151. The van der Waals surface area contributed by atoms with Gasteiger partial charge in [-0.2, -0.15) is 0 Å². The normalized spacial score (nSPS) is 11.1. The van der Waals surface area contributed by atoms with Gasteiger partial charge in [0.1, 0.15) is 12.6 Å². The molecule has 1 aromatic rings. The van der Waals surface area contributed by atoms with Crippen LogP contribution in [0.1, 0.15) is 25.8 Å². The fraction of sp³-hybridized carbons (Fsp3) is 0.438. The maximum absolute atomic E-state index is 11.8. The molecule has 1 amide bonds. The molecule has 0 saturated carbocycles. The highest BCUT2D eigenvalue weighted by Gasteiger charge is 2.26. The Hall–Kier alpha value is -2.61. The van der Waals surface area contributed by atoms with Crippen LogP contribution in [0.2, 0.25) is 0 Å². The number of amides is 1. The molecule has 4 N–H and O–H groups in total. The van der Waals surface area contributed by atoms with Crippen molar-refractivity contribution < 1.29 is 34.4 Å². The van der Waals surface area contributed by atoms with Crippen LogP contribution in [-0.4, -0.2) is 41.3 Å². The molecule has 0 heterocycles. The molecule has 0 spiro atoms. The zero-order valence-corrected chi connectivity index (χ0v) is 13.7. The molecule has 0 aliphatic carbocycles. The van der Waals surface area contributed by atoms with Crippen LogP contribution in [-0.2, 0) is 25.7 Å². The molecule has 8 heteroatoms. The lowest BCUT2D eigenvalue weighted by Crippen LogP contribution is -2.43. The van der Waals surface area contributed by atoms with Gasteiger partial charge in [0.2, 0.25) is 0 Å². The van der Waals surface area contributed by atoms with Crippen LogP contribution in [0.15, 0.2) is 30.3 Å². The zero-order chi connectivity index (χ0) is 17.2. The summed E-state index contributed by atoms with van der Waals surface area (Å²) in [5, 5.41) is 11.1. The van der Waals surface area contributed by atoms with Crippen molar-refractivity contribution in [2.24, 2.45) is 5.92 Å². The van der Waals surface area contributed by atoms with E-state index in [1.807, 2.05) is 19.9 Å². The van der Waals surface area contributed by atoms with Crippen molar-refractivity contribution in [3.8, 4) is 0 Å². The van der Waals surface area contributed by atoms with Gasteiger partial charge < -0.3 is 25.4 Å². The number of alkyl carbamates (subject to hydrolysis) is 1. The number of carboxylic acids is 1. The molecule has 134 valence electrons. The molecule has 1 unspecified atom stereocenters. The van der Waals surface area contributed by atoms with Gasteiger partial charge in [-0.3, -0.25) is 4.79 Å². The summed E-state index contributed by atoms with van der Waals surface area (Å²) in [6, 6.07) is 7.70. The molecule has 24 heavy (non-hydrogen) atoms. The Bertz CT molecular complexity index is 530. The standard InChI is InChI=1S/C16H21NO6.H2O/c1-11(2)9-22-15(20)13(8-14(18)19)17-16(21)23-10-12-6-4-3-5-7-12;/h3-7,11,13H,8-10H2,1-2H3,(H,17,21)(H,18,19);1H2. The van der Waals surface area contributed by atoms with E-state index in [0.717, 1.165) is 5.56 Å². The summed E-state index contributed by atoms with van der Waals surface area (Å²) < 4.78 is 9.92. The lowest BCUT2D eigenvalue weighted by Gasteiger charge is -2.16. The van der Waals surface area contributed by atoms with Crippen molar-refractivity contribution in [1.82, 2.24) is 5.32 Å². The van der Waals surface area contributed by atoms with Gasteiger partial charge in [-0.15, -0.1) is 0 Å². The maximum atomic E-state index is 11.8. The molecule has 0 bridgehead atoms. The lowest BCUT2D eigenvalue weighted by atomic mass is 10.2. The first-order chi connectivity index (χ1) is 10.9. The van der Waals surface area contributed by atoms with Crippen molar-refractivity contribution in [2.75, 3.05) is 6.61 Å². The second-order valence-electron chi connectivity index (χ2n) is 5.38. The third kappa shape index (κ3) is 8.74. The van der Waals surface area contributed by atoms with E-state index in [0.29, 0.717) is 0 Å². The van der Waals surface area contributed by atoms with Crippen molar-refractivity contribution >= 4 is 18.0 Å². The molecule has 1 rings (SSSR count). The molecule has 1 aromatic carbocycles. The van der Waals surface area contributed by atoms with Crippen molar-refractivity contribution in [3.63, 3.8) is 0 Å². The molecule has 0 aromatic heterocycles. The van der Waals surface area contributed by atoms with E-state index in [1.54, 1.807) is 24.3 Å². The number of hydrogen-bond donors (Lipinski definition) is 2. The summed E-state index contributed by atoms with van der Waals surface area (Å²) in [6.07, 6.45) is -1.45. The summed E-state index contributed by atoms with van der Waals surface area (Å²) in [5.74, 6) is -1.91. The fourth-order valence-electron chi connectivity index (χ4n) is 1.62. The van der Waals surface area contributed by atoms with Crippen LogP contribution < -0.4 is 5.32 Å². The minimum atomic E-state index is -1.28. The van der Waals surface area contributed by atoms with E-state index in [1.165, 1.54) is 0 Å². The molecule has 0 saturated heterocycles. The number of benzene rings is 1. The van der Waals surface area contributed by atoms with Crippen LogP contribution in [0, 0.1) is 5.92 Å². The number of carbonyl (C=O) groups excluding carboxylic acids is 2. The second kappa shape index (κ2) is 11.0. The second-order valence-corrected chi connectivity index (χ2v) is 5.38. The topological polar surface area (TPSA) is 133 Å². The number of carbonyl (C=O) groups is 3. The van der Waals surface area contributed by atoms with Gasteiger partial charge in [-0.1, -0.05) is 44.2 Å². The van der Waals surface area contributed by atoms with Crippen molar-refractivity contribution in [3.05, 3.63) is 35.9 Å². The van der Waals surface area contributed by atoms with Gasteiger partial charge in [0.05, 0.1) is 13.0 Å². The first-order valence-electron chi connectivity index (χ1n) is 7.24. The van der Waals surface area contributed by atoms with Crippen LogP contribution in [0.3, 0.4) is 0 Å². The third-order valence-corrected chi connectivity index (χ3v) is 2.73. The van der Waals surface area contributed by atoms with Gasteiger partial charge in [-0.25, -0.2) is 9.59 Å². The number of aliphatic carboxylic acids is 1. The molecule has 1 atom stereocenters. The predicted octanol–water partition coefficient (Wildman–Crippen LogP) is 1.13. The van der Waals surface area contributed by atoms with Crippen LogP contribution in [0.4, 0.5) is 4.79 Å². The zero-order valence-electron chi connectivity index (χ0n) is 13.7. The first-order valence-corrected chi connectivity index (χ1v) is 7.24. The SMILES string of the molecule is CC(C)COC(=O)C(CC(=O)O)NC(=O)OCc1ccccc1.O. The predicted molar refractivity (Wildman–Crippen MR) is 85.2 cm³/mol. The van der Waals surface area contributed by atoms with Crippen molar-refractivity contribution in [1.29, 1.82) is 0 Å². The number of nitrogens with one attached hydrogen (secondary N) is 1. The quantitative estimate of drug-likeness (QED) is 0.681. The molecule has 0 aliphatic rings. The number of hydrogen-bond acceptors (Lipinski definition) is 5. The molecular weight excluding hydrogens is 318 g/mol. The van der Waals surface area contributed by atoms with E-state index in [4.69, 9.17) is 14.6 Å².